The Morgan fingerprint density at radius 3 is 2.70 bits per heavy atom. The average molecular weight is 378 g/mol. The van der Waals surface area contributed by atoms with Gasteiger partial charge in [-0.1, -0.05) is 23.7 Å². The summed E-state index contributed by atoms with van der Waals surface area (Å²) in [5.74, 6) is 0.734. The first kappa shape index (κ1) is 17.2. The zero-order valence-electron chi connectivity index (χ0n) is 14.7. The van der Waals surface area contributed by atoms with Crippen molar-refractivity contribution in [3.05, 3.63) is 70.6 Å². The van der Waals surface area contributed by atoms with Crippen molar-refractivity contribution in [3.63, 3.8) is 0 Å². The highest BCUT2D eigenvalue weighted by Crippen LogP contribution is 2.29. The minimum atomic E-state index is -0.273. The highest BCUT2D eigenvalue weighted by atomic mass is 35.5. The molecule has 0 unspecified atom stereocenters. The number of hydrogen-bond donors (Lipinski definition) is 2. The van der Waals surface area contributed by atoms with Crippen LogP contribution in [0, 0.1) is 13.8 Å². The molecular formula is C20H16ClN5O. The number of anilines is 1. The highest BCUT2D eigenvalue weighted by molar-refractivity contribution is 6.33. The van der Waals surface area contributed by atoms with Crippen LogP contribution in [0.25, 0.3) is 22.4 Å². The van der Waals surface area contributed by atoms with E-state index in [-0.39, 0.29) is 5.91 Å². The number of amides is 1. The van der Waals surface area contributed by atoms with Gasteiger partial charge >= 0.3 is 0 Å². The number of hydrogen-bond acceptors (Lipinski definition) is 4. The first-order chi connectivity index (χ1) is 13.0. The minimum Gasteiger partial charge on any atom is -0.338 e. The summed E-state index contributed by atoms with van der Waals surface area (Å²) < 4.78 is 0. The number of para-hydroxylation sites is 2. The van der Waals surface area contributed by atoms with Gasteiger partial charge in [0.15, 0.2) is 0 Å². The molecule has 27 heavy (non-hydrogen) atoms. The Morgan fingerprint density at radius 2 is 1.93 bits per heavy atom. The van der Waals surface area contributed by atoms with E-state index in [1.807, 2.05) is 31.2 Å². The van der Waals surface area contributed by atoms with Crippen LogP contribution in [0.1, 0.15) is 21.7 Å². The first-order valence-corrected chi connectivity index (χ1v) is 8.75. The van der Waals surface area contributed by atoms with E-state index >= 15 is 0 Å². The molecule has 0 saturated carbocycles. The van der Waals surface area contributed by atoms with E-state index in [4.69, 9.17) is 11.6 Å². The molecule has 6 nitrogen and oxygen atoms in total. The number of imidazole rings is 1. The van der Waals surface area contributed by atoms with Crippen LogP contribution in [0.4, 0.5) is 5.82 Å². The summed E-state index contributed by atoms with van der Waals surface area (Å²) >= 11 is 6.31. The molecular weight excluding hydrogens is 362 g/mol. The second-order valence-corrected chi connectivity index (χ2v) is 6.60. The van der Waals surface area contributed by atoms with Gasteiger partial charge in [0.2, 0.25) is 0 Å². The third-order valence-electron chi connectivity index (χ3n) is 4.21. The molecule has 3 heterocycles. The summed E-state index contributed by atoms with van der Waals surface area (Å²) in [6.45, 7) is 3.69. The SMILES string of the molecule is Cc1ccc(C(=O)Nc2cc(-c3nc4ccccc4[nH]3)c(Cl)cn2)c(C)n1. The molecule has 7 heteroatoms. The summed E-state index contributed by atoms with van der Waals surface area (Å²) in [6.07, 6.45) is 1.50. The van der Waals surface area contributed by atoms with Gasteiger partial charge in [-0.2, -0.15) is 0 Å². The lowest BCUT2D eigenvalue weighted by Crippen LogP contribution is -2.15. The van der Waals surface area contributed by atoms with Gasteiger partial charge in [0.05, 0.1) is 27.3 Å². The van der Waals surface area contributed by atoms with Crippen molar-refractivity contribution < 1.29 is 4.79 Å². The molecule has 0 aliphatic rings. The second-order valence-electron chi connectivity index (χ2n) is 6.19. The maximum Gasteiger partial charge on any atom is 0.258 e. The van der Waals surface area contributed by atoms with E-state index in [1.165, 1.54) is 6.20 Å². The number of aromatic nitrogens is 4. The zero-order chi connectivity index (χ0) is 19.0. The fraction of sp³-hybridized carbons (Fsp3) is 0.100. The summed E-state index contributed by atoms with van der Waals surface area (Å²) in [7, 11) is 0. The Kier molecular flexibility index (Phi) is 4.33. The lowest BCUT2D eigenvalue weighted by molar-refractivity contribution is 0.102. The molecule has 0 atom stereocenters. The maximum absolute atomic E-state index is 12.6. The van der Waals surface area contributed by atoms with Gasteiger partial charge in [0, 0.05) is 17.5 Å². The van der Waals surface area contributed by atoms with E-state index in [0.29, 0.717) is 33.5 Å². The number of benzene rings is 1. The molecule has 3 aromatic heterocycles. The van der Waals surface area contributed by atoms with Crippen molar-refractivity contribution in [3.8, 4) is 11.4 Å². The normalized spacial score (nSPS) is 10.9. The standard InChI is InChI=1S/C20H16ClN5O/c1-11-7-8-13(12(2)23-11)20(27)26-18-9-14(15(21)10-22-18)19-24-16-5-3-4-6-17(16)25-19/h3-10H,1-2H3,(H,24,25)(H,22,26,27). The molecule has 0 aliphatic carbocycles. The van der Waals surface area contributed by atoms with Crippen LogP contribution in [0.5, 0.6) is 0 Å². The van der Waals surface area contributed by atoms with Crippen molar-refractivity contribution in [1.29, 1.82) is 0 Å². The molecule has 0 saturated heterocycles. The maximum atomic E-state index is 12.6. The quantitative estimate of drug-likeness (QED) is 0.549. The Morgan fingerprint density at radius 1 is 1.11 bits per heavy atom. The number of pyridine rings is 2. The number of carbonyl (C=O) groups is 1. The fourth-order valence-electron chi connectivity index (χ4n) is 2.88. The number of H-pyrrole nitrogens is 1. The predicted molar refractivity (Wildman–Crippen MR) is 106 cm³/mol. The molecule has 0 fully saturated rings. The van der Waals surface area contributed by atoms with E-state index in [0.717, 1.165) is 16.7 Å². The van der Waals surface area contributed by atoms with E-state index in [2.05, 4.69) is 25.3 Å². The Labute approximate surface area is 160 Å². The van der Waals surface area contributed by atoms with E-state index < -0.39 is 0 Å². The molecule has 1 aromatic carbocycles. The molecule has 4 rings (SSSR count). The monoisotopic (exact) mass is 377 g/mol. The number of aryl methyl sites for hydroxylation is 2. The van der Waals surface area contributed by atoms with Crippen molar-refractivity contribution in [2.45, 2.75) is 13.8 Å². The lowest BCUT2D eigenvalue weighted by Gasteiger charge is -2.09. The Bertz CT molecular complexity index is 1140. The van der Waals surface area contributed by atoms with Crippen LogP contribution in [0.3, 0.4) is 0 Å². The molecule has 4 aromatic rings. The predicted octanol–water partition coefficient (Wildman–Crippen LogP) is 4.54. The third-order valence-corrected chi connectivity index (χ3v) is 4.51. The number of carbonyl (C=O) groups excluding carboxylic acids is 1. The van der Waals surface area contributed by atoms with Crippen molar-refractivity contribution in [1.82, 2.24) is 19.9 Å². The van der Waals surface area contributed by atoms with Gasteiger partial charge in [0.25, 0.3) is 5.91 Å². The van der Waals surface area contributed by atoms with Crippen LogP contribution in [0.15, 0.2) is 48.7 Å². The van der Waals surface area contributed by atoms with Crippen molar-refractivity contribution >= 4 is 34.4 Å². The third kappa shape index (κ3) is 3.39. The smallest absolute Gasteiger partial charge is 0.258 e. The Hall–Kier alpha value is -3.25. The molecule has 134 valence electrons. The van der Waals surface area contributed by atoms with Crippen LogP contribution in [-0.2, 0) is 0 Å². The van der Waals surface area contributed by atoms with Crippen molar-refractivity contribution in [2.24, 2.45) is 0 Å². The Balaban J connectivity index is 1.67. The largest absolute Gasteiger partial charge is 0.338 e. The van der Waals surface area contributed by atoms with E-state index in [1.54, 1.807) is 25.1 Å². The van der Waals surface area contributed by atoms with Crippen LogP contribution in [0.2, 0.25) is 5.02 Å². The number of nitrogens with zero attached hydrogens (tertiary/aromatic N) is 3. The number of rotatable bonds is 3. The van der Waals surface area contributed by atoms with E-state index in [9.17, 15) is 4.79 Å². The average Bonchev–Trinajstić information content (AvgIpc) is 3.07. The van der Waals surface area contributed by atoms with Gasteiger partial charge in [-0.25, -0.2) is 9.97 Å². The molecule has 0 spiro atoms. The highest BCUT2D eigenvalue weighted by Gasteiger charge is 2.14. The lowest BCUT2D eigenvalue weighted by atomic mass is 10.1. The van der Waals surface area contributed by atoms with Gasteiger partial charge in [-0.3, -0.25) is 9.78 Å². The summed E-state index contributed by atoms with van der Waals surface area (Å²) in [5.41, 5.74) is 4.44. The summed E-state index contributed by atoms with van der Waals surface area (Å²) in [4.78, 5) is 28.9. The van der Waals surface area contributed by atoms with Crippen molar-refractivity contribution in [2.75, 3.05) is 5.32 Å². The summed E-state index contributed by atoms with van der Waals surface area (Å²) in [6, 6.07) is 13.0. The van der Waals surface area contributed by atoms with Gasteiger partial charge in [0.1, 0.15) is 11.6 Å². The molecule has 1 amide bonds. The zero-order valence-corrected chi connectivity index (χ0v) is 15.5. The number of fused-ring (bicyclic) bond motifs is 1. The minimum absolute atomic E-state index is 0.273. The van der Waals surface area contributed by atoms with Crippen LogP contribution >= 0.6 is 11.6 Å². The fourth-order valence-corrected chi connectivity index (χ4v) is 3.07. The van der Waals surface area contributed by atoms with Crippen LogP contribution < -0.4 is 5.32 Å². The molecule has 2 N–H and O–H groups in total. The second kappa shape index (κ2) is 6.81. The summed E-state index contributed by atoms with van der Waals surface area (Å²) in [5, 5.41) is 3.24. The topological polar surface area (TPSA) is 83.6 Å². The number of nitrogens with one attached hydrogen (secondary N) is 2. The number of halogens is 1. The molecule has 0 aliphatic heterocycles. The van der Waals surface area contributed by atoms with Crippen LogP contribution in [-0.4, -0.2) is 25.8 Å². The first-order valence-electron chi connectivity index (χ1n) is 8.37. The number of aromatic amines is 1. The molecule has 0 radical (unpaired) electrons. The molecule has 0 bridgehead atoms. The van der Waals surface area contributed by atoms with Gasteiger partial charge in [-0.05, 0) is 44.2 Å². The van der Waals surface area contributed by atoms with Gasteiger partial charge in [-0.15, -0.1) is 0 Å². The van der Waals surface area contributed by atoms with Gasteiger partial charge < -0.3 is 10.3 Å².